The Labute approximate surface area is 126 Å². The van der Waals surface area contributed by atoms with Crippen LogP contribution in [0, 0.1) is 0 Å². The molecular formula is C17H15N3O2. The van der Waals surface area contributed by atoms with Gasteiger partial charge < -0.3 is 19.4 Å². The van der Waals surface area contributed by atoms with Crippen molar-refractivity contribution in [1.82, 2.24) is 15.0 Å². The maximum atomic E-state index is 5.44. The molecule has 5 heteroatoms. The molecule has 3 aromatic heterocycles. The fraction of sp³-hybridized carbons (Fsp3) is 0.118. The number of nitrogens with one attached hydrogen (secondary N) is 2. The van der Waals surface area contributed by atoms with Gasteiger partial charge in [0.25, 0.3) is 0 Å². The minimum Gasteiger partial charge on any atom is -0.493 e. The Morgan fingerprint density at radius 3 is 2.45 bits per heavy atom. The SMILES string of the molecule is COc1cc2nc3cc[nH]c3c(-c3ccc[nH]3)c2cc1OC. The van der Waals surface area contributed by atoms with Gasteiger partial charge in [0.2, 0.25) is 0 Å². The van der Waals surface area contributed by atoms with Crippen LogP contribution in [0.15, 0.2) is 42.7 Å². The Balaban J connectivity index is 2.17. The lowest BCUT2D eigenvalue weighted by atomic mass is 10.0. The molecular weight excluding hydrogens is 278 g/mol. The van der Waals surface area contributed by atoms with Gasteiger partial charge in [-0.25, -0.2) is 4.98 Å². The van der Waals surface area contributed by atoms with Crippen LogP contribution in [0.4, 0.5) is 0 Å². The monoisotopic (exact) mass is 293 g/mol. The second-order valence-corrected chi connectivity index (χ2v) is 5.03. The van der Waals surface area contributed by atoms with E-state index in [1.807, 2.05) is 42.7 Å². The van der Waals surface area contributed by atoms with Crippen LogP contribution >= 0.6 is 0 Å². The summed E-state index contributed by atoms with van der Waals surface area (Å²) in [5, 5.41) is 1.01. The van der Waals surface area contributed by atoms with Crippen molar-refractivity contribution in [3.05, 3.63) is 42.7 Å². The van der Waals surface area contributed by atoms with Crippen molar-refractivity contribution in [1.29, 1.82) is 0 Å². The highest BCUT2D eigenvalue weighted by Gasteiger charge is 2.16. The third-order valence-electron chi connectivity index (χ3n) is 3.85. The summed E-state index contributed by atoms with van der Waals surface area (Å²) in [5.74, 6) is 1.37. The minimum atomic E-state index is 0.676. The average Bonchev–Trinajstić information content (AvgIpc) is 3.22. The smallest absolute Gasteiger partial charge is 0.162 e. The van der Waals surface area contributed by atoms with E-state index in [1.165, 1.54) is 0 Å². The lowest BCUT2D eigenvalue weighted by Gasteiger charge is -2.12. The van der Waals surface area contributed by atoms with Crippen molar-refractivity contribution in [3.8, 4) is 22.8 Å². The zero-order valence-electron chi connectivity index (χ0n) is 12.3. The van der Waals surface area contributed by atoms with Gasteiger partial charge in [-0.15, -0.1) is 0 Å². The number of nitrogens with zero attached hydrogens (tertiary/aromatic N) is 1. The molecule has 4 aromatic rings. The molecule has 0 aliphatic carbocycles. The van der Waals surface area contributed by atoms with Crippen molar-refractivity contribution in [2.24, 2.45) is 0 Å². The van der Waals surface area contributed by atoms with Crippen molar-refractivity contribution >= 4 is 21.9 Å². The molecule has 0 bridgehead atoms. The lowest BCUT2D eigenvalue weighted by Crippen LogP contribution is -1.94. The molecule has 110 valence electrons. The van der Waals surface area contributed by atoms with E-state index >= 15 is 0 Å². The molecule has 0 radical (unpaired) electrons. The van der Waals surface area contributed by atoms with Gasteiger partial charge in [0.05, 0.1) is 30.8 Å². The average molecular weight is 293 g/mol. The third kappa shape index (κ3) is 1.75. The van der Waals surface area contributed by atoms with Gasteiger partial charge in [0, 0.05) is 35.1 Å². The van der Waals surface area contributed by atoms with Crippen LogP contribution in [0.2, 0.25) is 0 Å². The molecule has 0 saturated heterocycles. The quantitative estimate of drug-likeness (QED) is 0.605. The first kappa shape index (κ1) is 12.8. The first-order valence-corrected chi connectivity index (χ1v) is 6.98. The van der Waals surface area contributed by atoms with E-state index in [2.05, 4.69) is 9.97 Å². The molecule has 0 amide bonds. The Morgan fingerprint density at radius 2 is 1.73 bits per heavy atom. The van der Waals surface area contributed by atoms with E-state index in [0.29, 0.717) is 11.5 Å². The van der Waals surface area contributed by atoms with Crippen molar-refractivity contribution in [2.75, 3.05) is 14.2 Å². The fourth-order valence-electron chi connectivity index (χ4n) is 2.85. The Bertz CT molecular complexity index is 955. The van der Waals surface area contributed by atoms with Crippen molar-refractivity contribution in [3.63, 3.8) is 0 Å². The summed E-state index contributed by atoms with van der Waals surface area (Å²) in [7, 11) is 3.27. The first-order valence-electron chi connectivity index (χ1n) is 6.98. The molecule has 0 aliphatic heterocycles. The standard InChI is InChI=1S/C17H15N3O2/c1-21-14-8-10-13(9-15(14)22-2)20-12-5-7-19-17(12)16(10)11-4-3-6-18-11/h3-9,18-19H,1-2H3. The van der Waals surface area contributed by atoms with Gasteiger partial charge in [0.15, 0.2) is 11.5 Å². The predicted octanol–water partition coefficient (Wildman–Crippen LogP) is 3.73. The van der Waals surface area contributed by atoms with Gasteiger partial charge in [0.1, 0.15) is 0 Å². The zero-order valence-corrected chi connectivity index (χ0v) is 12.3. The number of rotatable bonds is 3. The molecule has 0 aliphatic rings. The van der Waals surface area contributed by atoms with Crippen LogP contribution in [0.25, 0.3) is 33.2 Å². The Hall–Kier alpha value is -2.95. The number of methoxy groups -OCH3 is 2. The summed E-state index contributed by atoms with van der Waals surface area (Å²) < 4.78 is 10.8. The summed E-state index contributed by atoms with van der Waals surface area (Å²) in [6, 6.07) is 9.88. The van der Waals surface area contributed by atoms with E-state index in [1.54, 1.807) is 14.2 Å². The molecule has 5 nitrogen and oxygen atoms in total. The number of hydrogen-bond acceptors (Lipinski definition) is 3. The molecule has 1 aromatic carbocycles. The van der Waals surface area contributed by atoms with Crippen LogP contribution < -0.4 is 9.47 Å². The number of ether oxygens (including phenoxy) is 2. The third-order valence-corrected chi connectivity index (χ3v) is 3.85. The minimum absolute atomic E-state index is 0.676. The van der Waals surface area contributed by atoms with Gasteiger partial charge >= 0.3 is 0 Å². The summed E-state index contributed by atoms with van der Waals surface area (Å²) in [6.45, 7) is 0. The molecule has 0 saturated carbocycles. The summed E-state index contributed by atoms with van der Waals surface area (Å²) in [4.78, 5) is 11.3. The van der Waals surface area contributed by atoms with E-state index in [0.717, 1.165) is 33.2 Å². The fourth-order valence-corrected chi connectivity index (χ4v) is 2.85. The number of H-pyrrole nitrogens is 2. The number of benzene rings is 1. The number of pyridine rings is 1. The summed E-state index contributed by atoms with van der Waals surface area (Å²) >= 11 is 0. The normalized spacial score (nSPS) is 11.2. The molecule has 4 rings (SSSR count). The van der Waals surface area contributed by atoms with E-state index in [9.17, 15) is 0 Å². The molecule has 22 heavy (non-hydrogen) atoms. The number of hydrogen-bond donors (Lipinski definition) is 2. The van der Waals surface area contributed by atoms with E-state index in [-0.39, 0.29) is 0 Å². The number of aromatic amines is 2. The molecule has 0 fully saturated rings. The Kier molecular flexibility index (Phi) is 2.79. The molecule has 0 unspecified atom stereocenters. The van der Waals surface area contributed by atoms with Gasteiger partial charge in [-0.1, -0.05) is 0 Å². The van der Waals surface area contributed by atoms with Crippen LogP contribution in [0.5, 0.6) is 11.5 Å². The maximum Gasteiger partial charge on any atom is 0.162 e. The number of fused-ring (bicyclic) bond motifs is 2. The maximum absolute atomic E-state index is 5.44. The largest absolute Gasteiger partial charge is 0.493 e. The topological polar surface area (TPSA) is 62.9 Å². The molecule has 0 atom stereocenters. The first-order chi connectivity index (χ1) is 10.8. The summed E-state index contributed by atoms with van der Waals surface area (Å²) in [5.41, 5.74) is 4.91. The van der Waals surface area contributed by atoms with Crippen LogP contribution in [-0.4, -0.2) is 29.2 Å². The van der Waals surface area contributed by atoms with Crippen LogP contribution in [0.1, 0.15) is 0 Å². The molecule has 2 N–H and O–H groups in total. The van der Waals surface area contributed by atoms with Crippen LogP contribution in [-0.2, 0) is 0 Å². The van der Waals surface area contributed by atoms with Gasteiger partial charge in [-0.3, -0.25) is 0 Å². The zero-order chi connectivity index (χ0) is 15.1. The predicted molar refractivity (Wildman–Crippen MR) is 86.5 cm³/mol. The van der Waals surface area contributed by atoms with Gasteiger partial charge in [-0.2, -0.15) is 0 Å². The molecule has 0 spiro atoms. The highest BCUT2D eigenvalue weighted by molar-refractivity contribution is 6.08. The van der Waals surface area contributed by atoms with E-state index in [4.69, 9.17) is 14.5 Å². The molecule has 3 heterocycles. The van der Waals surface area contributed by atoms with Gasteiger partial charge in [-0.05, 0) is 24.3 Å². The summed E-state index contributed by atoms with van der Waals surface area (Å²) in [6.07, 6.45) is 3.81. The second kappa shape index (κ2) is 4.80. The lowest BCUT2D eigenvalue weighted by molar-refractivity contribution is 0.356. The van der Waals surface area contributed by atoms with Crippen LogP contribution in [0.3, 0.4) is 0 Å². The van der Waals surface area contributed by atoms with Crippen molar-refractivity contribution < 1.29 is 9.47 Å². The highest BCUT2D eigenvalue weighted by Crippen LogP contribution is 2.38. The Morgan fingerprint density at radius 1 is 0.909 bits per heavy atom. The van der Waals surface area contributed by atoms with E-state index < -0.39 is 0 Å². The number of aromatic nitrogens is 3. The van der Waals surface area contributed by atoms with Crippen molar-refractivity contribution in [2.45, 2.75) is 0 Å². The highest BCUT2D eigenvalue weighted by atomic mass is 16.5. The second-order valence-electron chi connectivity index (χ2n) is 5.03.